The average Bonchev–Trinajstić information content (AvgIpc) is 1.84. The molecule has 0 aromatic carbocycles. The van der Waals surface area contributed by atoms with E-state index in [1.54, 1.807) is 6.92 Å². The Morgan fingerprint density at radius 1 is 1.88 bits per heavy atom. The van der Waals surface area contributed by atoms with E-state index in [0.717, 1.165) is 0 Å². The molecule has 0 unspecified atom stereocenters. The van der Waals surface area contributed by atoms with E-state index in [9.17, 15) is 4.79 Å². The number of rotatable bonds is 1. The van der Waals surface area contributed by atoms with Crippen LogP contribution in [0.25, 0.3) is 0 Å². The maximum absolute atomic E-state index is 10.1. The van der Waals surface area contributed by atoms with Gasteiger partial charge in [-0.15, -0.1) is 0 Å². The summed E-state index contributed by atoms with van der Waals surface area (Å²) in [6.45, 7) is 1.71. The Morgan fingerprint density at radius 2 is 2.38 bits per heavy atom. The van der Waals surface area contributed by atoms with Crippen LogP contribution in [0.5, 0.6) is 0 Å². The smallest absolute Gasteiger partial charge is 0.287 e. The maximum Gasteiger partial charge on any atom is 0.364 e. The molecule has 8 heavy (non-hydrogen) atoms. The summed E-state index contributed by atoms with van der Waals surface area (Å²) in [6.07, 6.45) is 0. The van der Waals surface area contributed by atoms with Crippen molar-refractivity contribution in [3.05, 3.63) is 0 Å². The Bertz CT molecular complexity index is 84.6. The fourth-order valence-corrected chi connectivity index (χ4v) is 0.201. The van der Waals surface area contributed by atoms with Crippen molar-refractivity contribution in [2.45, 2.75) is 6.92 Å². The molecule has 3 N–H and O–H groups in total. The lowest BCUT2D eigenvalue weighted by Crippen LogP contribution is -2.35. The highest BCUT2D eigenvalue weighted by Crippen LogP contribution is 1.77. The molecule has 5 nitrogen and oxygen atoms in total. The minimum atomic E-state index is -0.924. The molecule has 0 heterocycles. The van der Waals surface area contributed by atoms with Gasteiger partial charge in [0.15, 0.2) is 0 Å². The van der Waals surface area contributed by atoms with Crippen molar-refractivity contribution in [2.24, 2.45) is 0 Å². The number of hydrogen-bond donors (Lipinski definition) is 3. The molecule has 0 fully saturated rings. The van der Waals surface area contributed by atoms with E-state index in [1.165, 1.54) is 5.48 Å². The molecule has 0 aliphatic rings. The number of nitrogens with one attached hydrogen (secondary N) is 1. The number of carbonyl (C=O) groups is 1. The van der Waals surface area contributed by atoms with E-state index in [2.05, 4.69) is 0 Å². The minimum Gasteiger partial charge on any atom is -0.287 e. The van der Waals surface area contributed by atoms with E-state index < -0.39 is 6.03 Å². The standard InChI is InChI=1S/C3H8N2O3/c1-2-5(8)3(6)4-7/h7-8H,2H2,1H3,(H,4,6). The number of nitrogens with zero attached hydrogens (tertiary/aromatic N) is 1. The minimum absolute atomic E-state index is 0.145. The molecular weight excluding hydrogens is 112 g/mol. The molecule has 0 aromatic rings. The van der Waals surface area contributed by atoms with Crippen LogP contribution < -0.4 is 5.48 Å². The normalized spacial score (nSPS) is 8.38. The molecule has 0 radical (unpaired) electrons. The van der Waals surface area contributed by atoms with Gasteiger partial charge >= 0.3 is 6.03 Å². The second kappa shape index (κ2) is 3.23. The topological polar surface area (TPSA) is 72.8 Å². The number of urea groups is 1. The lowest BCUT2D eigenvalue weighted by Gasteiger charge is -2.08. The molecule has 0 bridgehead atoms. The Labute approximate surface area is 46.4 Å². The van der Waals surface area contributed by atoms with Gasteiger partial charge in [-0.1, -0.05) is 0 Å². The van der Waals surface area contributed by atoms with Crippen LogP contribution in [-0.2, 0) is 0 Å². The van der Waals surface area contributed by atoms with Crippen LogP contribution in [0.15, 0.2) is 0 Å². The van der Waals surface area contributed by atoms with Gasteiger partial charge in [-0.3, -0.25) is 10.4 Å². The van der Waals surface area contributed by atoms with Crippen LogP contribution >= 0.6 is 0 Å². The van der Waals surface area contributed by atoms with Gasteiger partial charge in [-0.05, 0) is 6.92 Å². The molecule has 0 aromatic heterocycles. The third-order valence-electron chi connectivity index (χ3n) is 0.630. The Kier molecular flexibility index (Phi) is 2.90. The zero-order chi connectivity index (χ0) is 6.57. The molecule has 5 heteroatoms. The second-order valence-corrected chi connectivity index (χ2v) is 1.13. The van der Waals surface area contributed by atoms with Crippen LogP contribution in [0.1, 0.15) is 6.92 Å². The first-order valence-corrected chi connectivity index (χ1v) is 2.12. The van der Waals surface area contributed by atoms with Crippen molar-refractivity contribution in [3.8, 4) is 0 Å². The molecule has 48 valence electrons. The number of hydrogen-bond acceptors (Lipinski definition) is 3. The maximum atomic E-state index is 10.1. The first-order valence-electron chi connectivity index (χ1n) is 2.12. The molecule has 2 amide bonds. The van der Waals surface area contributed by atoms with Gasteiger partial charge < -0.3 is 0 Å². The fraction of sp³-hybridized carbons (Fsp3) is 0.667. The highest BCUT2D eigenvalue weighted by Gasteiger charge is 2.03. The predicted molar refractivity (Wildman–Crippen MR) is 24.5 cm³/mol. The van der Waals surface area contributed by atoms with E-state index in [4.69, 9.17) is 10.4 Å². The Hall–Kier alpha value is -0.810. The first kappa shape index (κ1) is 7.19. The van der Waals surface area contributed by atoms with Crippen molar-refractivity contribution in [2.75, 3.05) is 6.54 Å². The van der Waals surface area contributed by atoms with Crippen LogP contribution in [0, 0.1) is 0 Å². The van der Waals surface area contributed by atoms with E-state index in [0.29, 0.717) is 5.06 Å². The molecule has 0 aliphatic heterocycles. The number of carbonyl (C=O) groups excluding carboxylic acids is 1. The molecule has 0 rings (SSSR count). The fourth-order valence-electron chi connectivity index (χ4n) is 0.201. The van der Waals surface area contributed by atoms with Gasteiger partial charge in [0, 0.05) is 6.54 Å². The van der Waals surface area contributed by atoms with Crippen molar-refractivity contribution in [1.82, 2.24) is 10.5 Å². The van der Waals surface area contributed by atoms with E-state index >= 15 is 0 Å². The van der Waals surface area contributed by atoms with Gasteiger partial charge in [0.2, 0.25) is 0 Å². The van der Waals surface area contributed by atoms with Crippen LogP contribution in [0.3, 0.4) is 0 Å². The van der Waals surface area contributed by atoms with Crippen molar-refractivity contribution in [3.63, 3.8) is 0 Å². The lowest BCUT2D eigenvalue weighted by atomic mass is 10.7. The van der Waals surface area contributed by atoms with Crippen LogP contribution in [0.2, 0.25) is 0 Å². The van der Waals surface area contributed by atoms with Crippen molar-refractivity contribution >= 4 is 6.03 Å². The van der Waals surface area contributed by atoms with Crippen LogP contribution in [0.4, 0.5) is 4.79 Å². The van der Waals surface area contributed by atoms with Crippen LogP contribution in [-0.4, -0.2) is 28.1 Å². The summed E-state index contributed by atoms with van der Waals surface area (Å²) in [6, 6.07) is -0.924. The summed E-state index contributed by atoms with van der Waals surface area (Å²) >= 11 is 0. The monoisotopic (exact) mass is 120 g/mol. The molecule has 0 aliphatic carbocycles. The second-order valence-electron chi connectivity index (χ2n) is 1.13. The molecule has 0 saturated heterocycles. The number of hydroxylamine groups is 3. The predicted octanol–water partition coefficient (Wildman–Crippen LogP) is -0.204. The highest BCUT2D eigenvalue weighted by atomic mass is 16.5. The average molecular weight is 120 g/mol. The highest BCUT2D eigenvalue weighted by molar-refractivity contribution is 5.71. The molecule has 0 atom stereocenters. The molecular formula is C3H8N2O3. The number of amides is 2. The van der Waals surface area contributed by atoms with E-state index in [-0.39, 0.29) is 6.54 Å². The van der Waals surface area contributed by atoms with Gasteiger partial charge in [0.25, 0.3) is 0 Å². The summed E-state index contributed by atoms with van der Waals surface area (Å²) in [7, 11) is 0. The summed E-state index contributed by atoms with van der Waals surface area (Å²) in [5, 5.41) is 16.6. The van der Waals surface area contributed by atoms with Crippen molar-refractivity contribution in [1.29, 1.82) is 0 Å². The molecule has 0 spiro atoms. The Balaban J connectivity index is 3.46. The Morgan fingerprint density at radius 3 is 2.50 bits per heavy atom. The summed E-state index contributed by atoms with van der Waals surface area (Å²) in [5.41, 5.74) is 1.25. The SMILES string of the molecule is CCN(O)C(=O)NO. The largest absolute Gasteiger partial charge is 0.364 e. The summed E-state index contributed by atoms with van der Waals surface area (Å²) in [4.78, 5) is 10.1. The third-order valence-corrected chi connectivity index (χ3v) is 0.630. The summed E-state index contributed by atoms with van der Waals surface area (Å²) in [5.74, 6) is 0. The van der Waals surface area contributed by atoms with Gasteiger partial charge in [-0.2, -0.15) is 0 Å². The quantitative estimate of drug-likeness (QED) is 0.331. The van der Waals surface area contributed by atoms with Gasteiger partial charge in [0.1, 0.15) is 0 Å². The zero-order valence-electron chi connectivity index (χ0n) is 4.46. The van der Waals surface area contributed by atoms with E-state index in [1.807, 2.05) is 0 Å². The molecule has 0 saturated carbocycles. The summed E-state index contributed by atoms with van der Waals surface area (Å²) < 4.78 is 0. The first-order chi connectivity index (χ1) is 3.72. The lowest BCUT2D eigenvalue weighted by molar-refractivity contribution is -0.0509. The van der Waals surface area contributed by atoms with Gasteiger partial charge in [-0.25, -0.2) is 15.3 Å². The third kappa shape index (κ3) is 1.76. The zero-order valence-corrected chi connectivity index (χ0v) is 4.46. The van der Waals surface area contributed by atoms with Gasteiger partial charge in [0.05, 0.1) is 0 Å². The van der Waals surface area contributed by atoms with Crippen molar-refractivity contribution < 1.29 is 15.2 Å².